The van der Waals surface area contributed by atoms with E-state index in [2.05, 4.69) is 5.16 Å². The molecule has 0 saturated heterocycles. The van der Waals surface area contributed by atoms with E-state index < -0.39 is 0 Å². The largest absolute Gasteiger partial charge is 0.411 e. The number of ketones is 1. The highest BCUT2D eigenvalue weighted by atomic mass is 16.4. The Hall–Kier alpha value is -1.64. The lowest BCUT2D eigenvalue weighted by Gasteiger charge is -1.98. The summed E-state index contributed by atoms with van der Waals surface area (Å²) in [6, 6.07) is 7.26. The highest BCUT2D eigenvalue weighted by Crippen LogP contribution is 2.05. The first-order valence-electron chi connectivity index (χ1n) is 4.00. The maximum atomic E-state index is 11.0. The van der Waals surface area contributed by atoms with Gasteiger partial charge in [-0.05, 0) is 18.6 Å². The normalized spacial score (nSPS) is 10.5. The summed E-state index contributed by atoms with van der Waals surface area (Å²) in [5.74, 6) is 0.0442. The summed E-state index contributed by atoms with van der Waals surface area (Å²) in [5.41, 5.74) is 1.65. The van der Waals surface area contributed by atoms with Gasteiger partial charge in [-0.1, -0.05) is 18.2 Å². The lowest BCUT2D eigenvalue weighted by molar-refractivity contribution is 0.101. The van der Waals surface area contributed by atoms with Crippen molar-refractivity contribution in [3.63, 3.8) is 0 Å². The fourth-order valence-corrected chi connectivity index (χ4v) is 1.06. The molecule has 1 aromatic carbocycles. The number of benzene rings is 1. The van der Waals surface area contributed by atoms with Crippen LogP contribution in [0.25, 0.3) is 0 Å². The van der Waals surface area contributed by atoms with Crippen LogP contribution in [0.5, 0.6) is 0 Å². The average molecular weight is 177 g/mol. The lowest BCUT2D eigenvalue weighted by Crippen LogP contribution is -1.94. The van der Waals surface area contributed by atoms with Crippen molar-refractivity contribution in [1.29, 1.82) is 0 Å². The number of hydrogen-bond donors (Lipinski definition) is 1. The molecule has 0 heterocycles. The van der Waals surface area contributed by atoms with E-state index in [1.807, 2.05) is 12.1 Å². The third kappa shape index (κ3) is 2.71. The van der Waals surface area contributed by atoms with Crippen molar-refractivity contribution in [2.24, 2.45) is 5.16 Å². The smallest absolute Gasteiger partial charge is 0.159 e. The van der Waals surface area contributed by atoms with Crippen LogP contribution in [0.15, 0.2) is 29.4 Å². The summed E-state index contributed by atoms with van der Waals surface area (Å²) in [6.45, 7) is 1.53. The van der Waals surface area contributed by atoms with Crippen molar-refractivity contribution >= 4 is 12.0 Å². The molecule has 0 bridgehead atoms. The predicted molar refractivity (Wildman–Crippen MR) is 50.4 cm³/mol. The quantitative estimate of drug-likeness (QED) is 0.332. The molecule has 0 aliphatic heterocycles. The Morgan fingerprint density at radius 2 is 2.38 bits per heavy atom. The minimum atomic E-state index is 0.0442. The van der Waals surface area contributed by atoms with Crippen LogP contribution < -0.4 is 0 Å². The summed E-state index contributed by atoms with van der Waals surface area (Å²) in [7, 11) is 0. The van der Waals surface area contributed by atoms with Crippen LogP contribution in [0.4, 0.5) is 0 Å². The molecule has 0 aliphatic carbocycles. The molecule has 0 atom stereocenters. The molecule has 0 aromatic heterocycles. The maximum absolute atomic E-state index is 11.0. The van der Waals surface area contributed by atoms with Crippen molar-refractivity contribution < 1.29 is 10.0 Å². The molecule has 1 N–H and O–H groups in total. The first-order valence-corrected chi connectivity index (χ1v) is 4.00. The van der Waals surface area contributed by atoms with Gasteiger partial charge in [0.05, 0.1) is 0 Å². The van der Waals surface area contributed by atoms with Crippen LogP contribution in [0.3, 0.4) is 0 Å². The Balaban J connectivity index is 2.85. The number of oxime groups is 1. The van der Waals surface area contributed by atoms with Crippen LogP contribution in [0, 0.1) is 0 Å². The first-order chi connectivity index (χ1) is 6.24. The van der Waals surface area contributed by atoms with Crippen LogP contribution in [-0.2, 0) is 6.42 Å². The number of carbonyl (C=O) groups is 1. The number of rotatable bonds is 3. The van der Waals surface area contributed by atoms with E-state index in [4.69, 9.17) is 5.21 Å². The molecule has 0 unspecified atom stereocenters. The molecule has 1 rings (SSSR count). The molecule has 0 spiro atoms. The summed E-state index contributed by atoms with van der Waals surface area (Å²) in [4.78, 5) is 11.0. The van der Waals surface area contributed by atoms with Gasteiger partial charge in [-0.3, -0.25) is 4.79 Å². The van der Waals surface area contributed by atoms with Crippen LogP contribution >= 0.6 is 0 Å². The van der Waals surface area contributed by atoms with Gasteiger partial charge in [0.15, 0.2) is 5.78 Å². The Labute approximate surface area is 76.7 Å². The van der Waals surface area contributed by atoms with Gasteiger partial charge in [-0.2, -0.15) is 0 Å². The van der Waals surface area contributed by atoms with Crippen molar-refractivity contribution in [3.05, 3.63) is 35.4 Å². The molecule has 0 aliphatic rings. The monoisotopic (exact) mass is 177 g/mol. The van der Waals surface area contributed by atoms with E-state index >= 15 is 0 Å². The minimum Gasteiger partial charge on any atom is -0.411 e. The van der Waals surface area contributed by atoms with E-state index in [-0.39, 0.29) is 5.78 Å². The van der Waals surface area contributed by atoms with Crippen molar-refractivity contribution in [2.45, 2.75) is 13.3 Å². The lowest BCUT2D eigenvalue weighted by atomic mass is 10.1. The van der Waals surface area contributed by atoms with E-state index in [1.165, 1.54) is 13.1 Å². The van der Waals surface area contributed by atoms with Gasteiger partial charge in [0, 0.05) is 18.2 Å². The molecular weight excluding hydrogens is 166 g/mol. The molecule has 0 fully saturated rings. The molecule has 68 valence electrons. The number of Topliss-reactive ketones (excluding diaryl/α,β-unsaturated/α-hetero) is 1. The second-order valence-electron chi connectivity index (χ2n) is 2.76. The topological polar surface area (TPSA) is 49.7 Å². The van der Waals surface area contributed by atoms with Crippen molar-refractivity contribution in [1.82, 2.24) is 0 Å². The Kier molecular flexibility index (Phi) is 3.20. The van der Waals surface area contributed by atoms with E-state index in [0.717, 1.165) is 5.56 Å². The average Bonchev–Trinajstić information content (AvgIpc) is 2.15. The summed E-state index contributed by atoms with van der Waals surface area (Å²) >= 11 is 0. The zero-order chi connectivity index (χ0) is 9.68. The first kappa shape index (κ1) is 9.45. The Bertz CT molecular complexity index is 331. The maximum Gasteiger partial charge on any atom is 0.159 e. The summed E-state index contributed by atoms with van der Waals surface area (Å²) < 4.78 is 0. The summed E-state index contributed by atoms with van der Waals surface area (Å²) in [5, 5.41) is 11.1. The van der Waals surface area contributed by atoms with E-state index in [1.54, 1.807) is 12.1 Å². The Morgan fingerprint density at radius 3 is 3.00 bits per heavy atom. The van der Waals surface area contributed by atoms with Gasteiger partial charge >= 0.3 is 0 Å². The van der Waals surface area contributed by atoms with Crippen LogP contribution in [0.2, 0.25) is 0 Å². The number of nitrogens with zero attached hydrogens (tertiary/aromatic N) is 1. The van der Waals surface area contributed by atoms with Crippen LogP contribution in [-0.4, -0.2) is 17.2 Å². The number of hydrogen-bond acceptors (Lipinski definition) is 3. The zero-order valence-electron chi connectivity index (χ0n) is 7.40. The molecule has 0 saturated carbocycles. The minimum absolute atomic E-state index is 0.0442. The summed E-state index contributed by atoms with van der Waals surface area (Å²) in [6.07, 6.45) is 1.93. The molecule has 13 heavy (non-hydrogen) atoms. The van der Waals surface area contributed by atoms with Gasteiger partial charge in [0.1, 0.15) is 0 Å². The van der Waals surface area contributed by atoms with Gasteiger partial charge in [-0.15, -0.1) is 5.16 Å². The second-order valence-corrected chi connectivity index (χ2v) is 2.76. The fourth-order valence-electron chi connectivity index (χ4n) is 1.06. The Morgan fingerprint density at radius 1 is 1.62 bits per heavy atom. The standard InChI is InChI=1S/C10H11NO2/c1-8(12)10-4-2-3-9(7-10)5-6-11-13/h2-4,6-7,13H,5H2,1H3. The third-order valence-corrected chi connectivity index (χ3v) is 1.74. The molecular formula is C10H11NO2. The van der Waals surface area contributed by atoms with Gasteiger partial charge in [0.25, 0.3) is 0 Å². The van der Waals surface area contributed by atoms with E-state index in [0.29, 0.717) is 12.0 Å². The third-order valence-electron chi connectivity index (χ3n) is 1.74. The fraction of sp³-hybridized carbons (Fsp3) is 0.200. The predicted octanol–water partition coefficient (Wildman–Crippen LogP) is 1.89. The second kappa shape index (κ2) is 4.40. The number of carbonyl (C=O) groups excluding carboxylic acids is 1. The highest BCUT2D eigenvalue weighted by Gasteiger charge is 1.98. The molecule has 0 radical (unpaired) electrons. The SMILES string of the molecule is CC(=O)c1cccc(CC=NO)c1. The van der Waals surface area contributed by atoms with Gasteiger partial charge in [0.2, 0.25) is 0 Å². The highest BCUT2D eigenvalue weighted by molar-refractivity contribution is 5.94. The van der Waals surface area contributed by atoms with Crippen LogP contribution in [0.1, 0.15) is 22.8 Å². The van der Waals surface area contributed by atoms with E-state index in [9.17, 15) is 4.79 Å². The van der Waals surface area contributed by atoms with Gasteiger partial charge < -0.3 is 5.21 Å². The zero-order valence-corrected chi connectivity index (χ0v) is 7.40. The van der Waals surface area contributed by atoms with Crippen molar-refractivity contribution in [2.75, 3.05) is 0 Å². The van der Waals surface area contributed by atoms with Gasteiger partial charge in [-0.25, -0.2) is 0 Å². The van der Waals surface area contributed by atoms with Crippen molar-refractivity contribution in [3.8, 4) is 0 Å². The molecule has 3 heteroatoms. The molecule has 3 nitrogen and oxygen atoms in total. The molecule has 1 aromatic rings. The molecule has 0 amide bonds.